The molecular weight excluding hydrogens is 330 g/mol. The van der Waals surface area contributed by atoms with Gasteiger partial charge in [0, 0.05) is 10.9 Å². The Bertz CT molecular complexity index is 872. The molecule has 5 heteroatoms. The van der Waals surface area contributed by atoms with Crippen LogP contribution in [0.15, 0.2) is 71.7 Å². The molecule has 0 aliphatic heterocycles. The van der Waals surface area contributed by atoms with E-state index in [-0.39, 0.29) is 0 Å². The zero-order valence-corrected chi connectivity index (χ0v) is 14.8. The van der Waals surface area contributed by atoms with E-state index < -0.39 is 0 Å². The number of thiazole rings is 1. The van der Waals surface area contributed by atoms with Gasteiger partial charge in [-0.2, -0.15) is 5.10 Å². The van der Waals surface area contributed by atoms with Gasteiger partial charge in [0.2, 0.25) is 5.13 Å². The number of hydrogen-bond donors (Lipinski definition) is 1. The minimum Gasteiger partial charge on any atom is -0.496 e. The van der Waals surface area contributed by atoms with Crippen molar-refractivity contribution in [3.63, 3.8) is 0 Å². The molecule has 0 saturated carbocycles. The molecule has 126 valence electrons. The summed E-state index contributed by atoms with van der Waals surface area (Å²) >= 11 is 1.53. The predicted molar refractivity (Wildman–Crippen MR) is 106 cm³/mol. The van der Waals surface area contributed by atoms with Crippen LogP contribution in [-0.4, -0.2) is 18.3 Å². The number of methoxy groups -OCH3 is 1. The molecule has 1 heterocycles. The maximum atomic E-state index is 5.36. The normalized spacial score (nSPS) is 10.8. The van der Waals surface area contributed by atoms with Crippen molar-refractivity contribution in [1.82, 2.24) is 4.98 Å². The summed E-state index contributed by atoms with van der Waals surface area (Å²) < 4.78 is 5.36. The predicted octanol–water partition coefficient (Wildman–Crippen LogP) is 4.99. The van der Waals surface area contributed by atoms with Gasteiger partial charge in [-0.1, -0.05) is 36.4 Å². The molecule has 0 aliphatic rings. The Morgan fingerprint density at radius 1 is 1.24 bits per heavy atom. The summed E-state index contributed by atoms with van der Waals surface area (Å²) in [5.74, 6) is 0.859. The molecular formula is C20H19N3OS. The van der Waals surface area contributed by atoms with Crippen LogP contribution in [0, 0.1) is 0 Å². The van der Waals surface area contributed by atoms with Crippen LogP contribution in [0.5, 0.6) is 5.75 Å². The highest BCUT2D eigenvalue weighted by molar-refractivity contribution is 7.14. The van der Waals surface area contributed by atoms with E-state index in [1.54, 1.807) is 13.3 Å². The maximum Gasteiger partial charge on any atom is 0.203 e. The van der Waals surface area contributed by atoms with Gasteiger partial charge in [0.25, 0.3) is 0 Å². The molecule has 0 saturated heterocycles. The lowest BCUT2D eigenvalue weighted by atomic mass is 10.1. The molecule has 3 aromatic rings. The SMILES string of the molecule is C=CCc1cc(C=NNc2nc(-c3ccccc3)cs2)ccc1OC. The molecule has 0 radical (unpaired) electrons. The number of hydrazone groups is 1. The molecule has 2 aromatic carbocycles. The Hall–Kier alpha value is -2.92. The van der Waals surface area contributed by atoms with Gasteiger partial charge in [0.15, 0.2) is 0 Å². The van der Waals surface area contributed by atoms with Gasteiger partial charge in [-0.3, -0.25) is 5.43 Å². The number of rotatable bonds is 7. The van der Waals surface area contributed by atoms with E-state index in [0.29, 0.717) is 0 Å². The number of aromatic nitrogens is 1. The number of hydrogen-bond acceptors (Lipinski definition) is 5. The molecule has 3 rings (SSSR count). The quantitative estimate of drug-likeness (QED) is 0.371. The molecule has 0 aliphatic carbocycles. The van der Waals surface area contributed by atoms with Crippen LogP contribution in [0.4, 0.5) is 5.13 Å². The average Bonchev–Trinajstić information content (AvgIpc) is 3.12. The van der Waals surface area contributed by atoms with Crippen LogP contribution < -0.4 is 10.2 Å². The van der Waals surface area contributed by atoms with E-state index in [4.69, 9.17) is 4.74 Å². The first-order valence-electron chi connectivity index (χ1n) is 7.88. The van der Waals surface area contributed by atoms with Gasteiger partial charge in [0.05, 0.1) is 19.0 Å². The molecule has 0 atom stereocenters. The van der Waals surface area contributed by atoms with Crippen molar-refractivity contribution < 1.29 is 4.74 Å². The van der Waals surface area contributed by atoms with E-state index in [1.807, 2.05) is 60.0 Å². The number of allylic oxidation sites excluding steroid dienone is 1. The summed E-state index contributed by atoms with van der Waals surface area (Å²) in [6, 6.07) is 16.0. The Morgan fingerprint density at radius 3 is 2.84 bits per heavy atom. The fourth-order valence-corrected chi connectivity index (χ4v) is 3.09. The smallest absolute Gasteiger partial charge is 0.203 e. The third-order valence-corrected chi connectivity index (χ3v) is 4.36. The lowest BCUT2D eigenvalue weighted by Crippen LogP contribution is -1.94. The summed E-state index contributed by atoms with van der Waals surface area (Å²) in [4.78, 5) is 4.55. The molecule has 4 nitrogen and oxygen atoms in total. The van der Waals surface area contributed by atoms with Crippen molar-refractivity contribution in [3.05, 3.63) is 77.7 Å². The van der Waals surface area contributed by atoms with Crippen LogP contribution in [-0.2, 0) is 6.42 Å². The van der Waals surface area contributed by atoms with Crippen LogP contribution in [0.25, 0.3) is 11.3 Å². The summed E-state index contributed by atoms with van der Waals surface area (Å²) in [5, 5.41) is 7.06. The molecule has 0 bridgehead atoms. The van der Waals surface area contributed by atoms with E-state index >= 15 is 0 Å². The number of nitrogens with one attached hydrogen (secondary N) is 1. The molecule has 1 N–H and O–H groups in total. The number of ether oxygens (including phenoxy) is 1. The van der Waals surface area contributed by atoms with Gasteiger partial charge < -0.3 is 4.74 Å². The summed E-state index contributed by atoms with van der Waals surface area (Å²) in [6.07, 6.45) is 4.39. The Kier molecular flexibility index (Phi) is 5.59. The van der Waals surface area contributed by atoms with Crippen molar-refractivity contribution >= 4 is 22.7 Å². The summed E-state index contributed by atoms with van der Waals surface area (Å²) in [5.41, 5.74) is 7.11. The van der Waals surface area contributed by atoms with E-state index in [1.165, 1.54) is 11.3 Å². The summed E-state index contributed by atoms with van der Waals surface area (Å²) in [7, 11) is 1.67. The van der Waals surface area contributed by atoms with Gasteiger partial charge in [-0.15, -0.1) is 17.9 Å². The van der Waals surface area contributed by atoms with Crippen molar-refractivity contribution in [2.75, 3.05) is 12.5 Å². The van der Waals surface area contributed by atoms with Crippen LogP contribution in [0.1, 0.15) is 11.1 Å². The van der Waals surface area contributed by atoms with Crippen molar-refractivity contribution in [1.29, 1.82) is 0 Å². The standard InChI is InChI=1S/C20H19N3OS/c1-3-7-17-12-15(10-11-19(17)24-2)13-21-23-20-22-18(14-25-20)16-8-5-4-6-9-16/h3-6,8-14H,1,7H2,2H3,(H,22,23). The monoisotopic (exact) mass is 349 g/mol. The fraction of sp³-hybridized carbons (Fsp3) is 0.100. The van der Waals surface area contributed by atoms with Crippen molar-refractivity contribution in [2.45, 2.75) is 6.42 Å². The first kappa shape index (κ1) is 16.9. The molecule has 25 heavy (non-hydrogen) atoms. The highest BCUT2D eigenvalue weighted by Gasteiger charge is 2.04. The lowest BCUT2D eigenvalue weighted by Gasteiger charge is -2.07. The topological polar surface area (TPSA) is 46.5 Å². The van der Waals surface area contributed by atoms with Crippen LogP contribution >= 0.6 is 11.3 Å². The van der Waals surface area contributed by atoms with Gasteiger partial charge in [0.1, 0.15) is 5.75 Å². The molecule has 0 unspecified atom stereocenters. The maximum absolute atomic E-state index is 5.36. The van der Waals surface area contributed by atoms with Gasteiger partial charge >= 0.3 is 0 Å². The molecule has 1 aromatic heterocycles. The summed E-state index contributed by atoms with van der Waals surface area (Å²) in [6.45, 7) is 3.78. The fourth-order valence-electron chi connectivity index (χ4n) is 2.42. The van der Waals surface area contributed by atoms with Crippen LogP contribution in [0.3, 0.4) is 0 Å². The first-order chi connectivity index (χ1) is 12.3. The molecule has 0 fully saturated rings. The Labute approximate surface area is 151 Å². The van der Waals surface area contributed by atoms with Gasteiger partial charge in [-0.05, 0) is 35.7 Å². The highest BCUT2D eigenvalue weighted by Crippen LogP contribution is 2.24. The minimum atomic E-state index is 0.755. The van der Waals surface area contributed by atoms with E-state index in [9.17, 15) is 0 Å². The Balaban J connectivity index is 1.68. The molecule has 0 spiro atoms. The zero-order chi connectivity index (χ0) is 17.5. The zero-order valence-electron chi connectivity index (χ0n) is 14.0. The van der Waals surface area contributed by atoms with Crippen molar-refractivity contribution in [2.24, 2.45) is 5.10 Å². The minimum absolute atomic E-state index is 0.755. The first-order valence-corrected chi connectivity index (χ1v) is 8.76. The van der Waals surface area contributed by atoms with E-state index in [2.05, 4.69) is 22.1 Å². The lowest BCUT2D eigenvalue weighted by molar-refractivity contribution is 0.410. The third-order valence-electron chi connectivity index (χ3n) is 3.62. The second-order valence-corrected chi connectivity index (χ2v) is 6.20. The number of anilines is 1. The largest absolute Gasteiger partial charge is 0.496 e. The second kappa shape index (κ2) is 8.26. The van der Waals surface area contributed by atoms with Gasteiger partial charge in [-0.25, -0.2) is 4.98 Å². The Morgan fingerprint density at radius 2 is 2.08 bits per heavy atom. The second-order valence-electron chi connectivity index (χ2n) is 5.34. The average molecular weight is 349 g/mol. The highest BCUT2D eigenvalue weighted by atomic mass is 32.1. The number of nitrogens with zero attached hydrogens (tertiary/aromatic N) is 2. The third kappa shape index (κ3) is 4.33. The van der Waals surface area contributed by atoms with E-state index in [0.717, 1.165) is 39.7 Å². The number of benzene rings is 2. The molecule has 0 amide bonds. The van der Waals surface area contributed by atoms with Crippen LogP contribution in [0.2, 0.25) is 0 Å². The van der Waals surface area contributed by atoms with Crippen molar-refractivity contribution in [3.8, 4) is 17.0 Å².